The predicted octanol–water partition coefficient (Wildman–Crippen LogP) is 5.66. The van der Waals surface area contributed by atoms with Gasteiger partial charge in [0.1, 0.15) is 11.6 Å². The molecule has 0 aliphatic carbocycles. The first-order valence-electron chi connectivity index (χ1n) is 10.2. The molecule has 0 radical (unpaired) electrons. The maximum atomic E-state index is 13.0. The second-order valence-corrected chi connectivity index (χ2v) is 7.31. The summed E-state index contributed by atoms with van der Waals surface area (Å²) >= 11 is 0. The first-order valence-corrected chi connectivity index (χ1v) is 10.2. The Bertz CT molecular complexity index is 1290. The number of imidazole rings is 1. The lowest BCUT2D eigenvalue weighted by atomic mass is 10.1. The Hall–Kier alpha value is -4.34. The summed E-state index contributed by atoms with van der Waals surface area (Å²) in [6, 6.07) is 13.0. The van der Waals surface area contributed by atoms with Crippen LogP contribution in [0, 0.1) is 0 Å². The zero-order valence-electron chi connectivity index (χ0n) is 18.0. The fourth-order valence-electron chi connectivity index (χ4n) is 3.41. The number of carbonyl (C=O) groups excluding carboxylic acids is 1. The Balaban J connectivity index is 1.48. The number of benzene rings is 2. The van der Waals surface area contributed by atoms with Gasteiger partial charge in [0, 0.05) is 42.6 Å². The van der Waals surface area contributed by atoms with Gasteiger partial charge in [0.2, 0.25) is 0 Å². The normalized spacial score (nSPS) is 11.2. The van der Waals surface area contributed by atoms with Crippen LogP contribution in [0.2, 0.25) is 0 Å². The molecule has 0 aliphatic heterocycles. The van der Waals surface area contributed by atoms with Gasteiger partial charge >= 0.3 is 12.2 Å². The summed E-state index contributed by atoms with van der Waals surface area (Å²) in [4.78, 5) is 20.9. The van der Waals surface area contributed by atoms with Gasteiger partial charge in [-0.3, -0.25) is 4.98 Å². The Morgan fingerprint density at radius 1 is 1.03 bits per heavy atom. The highest BCUT2D eigenvalue weighted by Gasteiger charge is 2.31. The fraction of sp³-hybridized carbons (Fsp3) is 0.125. The largest absolute Gasteiger partial charge is 0.495 e. The lowest BCUT2D eigenvalue weighted by molar-refractivity contribution is -0.137. The highest BCUT2D eigenvalue weighted by Crippen LogP contribution is 2.35. The molecule has 2 heterocycles. The molecular formula is C24H20F3N5O2. The molecule has 0 atom stereocenters. The number of ether oxygens (including phenoxy) is 1. The Morgan fingerprint density at radius 2 is 1.82 bits per heavy atom. The van der Waals surface area contributed by atoms with E-state index in [4.69, 9.17) is 4.74 Å². The Kier molecular flexibility index (Phi) is 6.48. The molecule has 0 bridgehead atoms. The van der Waals surface area contributed by atoms with E-state index < -0.39 is 17.8 Å². The third-order valence-corrected chi connectivity index (χ3v) is 4.97. The summed E-state index contributed by atoms with van der Waals surface area (Å²) in [6.07, 6.45) is 2.39. The van der Waals surface area contributed by atoms with Gasteiger partial charge in [0.05, 0.1) is 18.4 Å². The third-order valence-electron chi connectivity index (χ3n) is 4.97. The van der Waals surface area contributed by atoms with Crippen molar-refractivity contribution in [2.24, 2.45) is 0 Å². The molecule has 0 saturated carbocycles. The van der Waals surface area contributed by atoms with E-state index in [9.17, 15) is 18.0 Å². The molecule has 0 aliphatic rings. The van der Waals surface area contributed by atoms with Gasteiger partial charge in [-0.2, -0.15) is 13.2 Å². The van der Waals surface area contributed by atoms with E-state index in [0.29, 0.717) is 12.2 Å². The first kappa shape index (κ1) is 22.8. The summed E-state index contributed by atoms with van der Waals surface area (Å²) in [7, 11) is 1.31. The second kappa shape index (κ2) is 9.65. The maximum absolute atomic E-state index is 13.0. The number of nitrogens with one attached hydrogen (secondary N) is 2. The van der Waals surface area contributed by atoms with Crippen molar-refractivity contribution < 1.29 is 22.7 Å². The predicted molar refractivity (Wildman–Crippen MR) is 122 cm³/mol. The lowest BCUT2D eigenvalue weighted by Gasteiger charge is -2.14. The van der Waals surface area contributed by atoms with Crippen LogP contribution in [0.4, 0.5) is 29.3 Å². The summed E-state index contributed by atoms with van der Waals surface area (Å²) in [5.41, 5.74) is 1.31. The van der Waals surface area contributed by atoms with E-state index in [1.807, 2.05) is 29.0 Å². The molecule has 2 amide bonds. The number of carbonyl (C=O) groups is 1. The number of amides is 2. The van der Waals surface area contributed by atoms with Crippen molar-refractivity contribution in [2.45, 2.75) is 12.7 Å². The molecule has 0 unspecified atom stereocenters. The molecule has 2 aromatic carbocycles. The van der Waals surface area contributed by atoms with Crippen LogP contribution < -0.4 is 15.4 Å². The topological polar surface area (TPSA) is 81.1 Å². The average Bonchev–Trinajstić information content (AvgIpc) is 3.27. The summed E-state index contributed by atoms with van der Waals surface area (Å²) in [5, 5.41) is 5.07. The van der Waals surface area contributed by atoms with Crippen molar-refractivity contribution in [3.63, 3.8) is 0 Å². The number of hydrogen-bond donors (Lipinski definition) is 2. The molecule has 4 aromatic rings. The van der Waals surface area contributed by atoms with E-state index in [2.05, 4.69) is 20.6 Å². The van der Waals surface area contributed by atoms with Gasteiger partial charge in [0.15, 0.2) is 0 Å². The summed E-state index contributed by atoms with van der Waals surface area (Å²) in [5.74, 6) is 0.885. The minimum Gasteiger partial charge on any atom is -0.495 e. The summed E-state index contributed by atoms with van der Waals surface area (Å²) < 4.78 is 46.2. The van der Waals surface area contributed by atoms with Crippen LogP contribution in [-0.2, 0) is 12.7 Å². The molecular weight excluding hydrogens is 447 g/mol. The van der Waals surface area contributed by atoms with Crippen LogP contribution in [0.3, 0.4) is 0 Å². The number of hydrogen-bond acceptors (Lipinski definition) is 4. The van der Waals surface area contributed by atoms with Gasteiger partial charge in [-0.1, -0.05) is 12.1 Å². The number of aromatic nitrogens is 3. The number of nitrogens with zero attached hydrogens (tertiary/aromatic N) is 3. The monoisotopic (exact) mass is 467 g/mol. The molecule has 2 aromatic heterocycles. The maximum Gasteiger partial charge on any atom is 0.416 e. The molecule has 4 rings (SSSR count). The molecule has 2 N–H and O–H groups in total. The number of urea groups is 1. The number of anilines is 2. The highest BCUT2D eigenvalue weighted by atomic mass is 19.4. The van der Waals surface area contributed by atoms with Crippen molar-refractivity contribution in [1.82, 2.24) is 14.5 Å². The minimum atomic E-state index is -4.55. The number of methoxy groups -OCH3 is 1. The van der Waals surface area contributed by atoms with Crippen LogP contribution in [0.5, 0.6) is 5.75 Å². The zero-order chi connectivity index (χ0) is 24.1. The van der Waals surface area contributed by atoms with Gasteiger partial charge < -0.3 is 19.9 Å². The van der Waals surface area contributed by atoms with Crippen LogP contribution >= 0.6 is 0 Å². The zero-order valence-corrected chi connectivity index (χ0v) is 18.0. The number of alkyl halides is 3. The number of halogens is 3. The van der Waals surface area contributed by atoms with Crippen molar-refractivity contribution in [1.29, 1.82) is 0 Å². The van der Waals surface area contributed by atoms with Crippen molar-refractivity contribution in [2.75, 3.05) is 17.7 Å². The molecule has 7 nitrogen and oxygen atoms in total. The van der Waals surface area contributed by atoms with Crippen LogP contribution in [0.15, 0.2) is 79.4 Å². The van der Waals surface area contributed by atoms with Crippen molar-refractivity contribution >= 4 is 17.4 Å². The molecule has 0 spiro atoms. The van der Waals surface area contributed by atoms with Crippen LogP contribution in [-0.4, -0.2) is 27.7 Å². The lowest BCUT2D eigenvalue weighted by Crippen LogP contribution is -2.20. The van der Waals surface area contributed by atoms with Crippen LogP contribution in [0.25, 0.3) is 11.4 Å². The van der Waals surface area contributed by atoms with E-state index in [1.165, 1.54) is 7.11 Å². The smallest absolute Gasteiger partial charge is 0.416 e. The van der Waals surface area contributed by atoms with Crippen molar-refractivity contribution in [3.05, 3.63) is 90.5 Å². The Labute approximate surface area is 193 Å². The van der Waals surface area contributed by atoms with E-state index in [1.54, 1.807) is 36.8 Å². The quantitative estimate of drug-likeness (QED) is 0.383. The molecule has 10 heteroatoms. The van der Waals surface area contributed by atoms with E-state index >= 15 is 0 Å². The molecule has 0 saturated heterocycles. The standard InChI is InChI=1S/C24H20F3N5O2/c1-34-21-6-5-18(24(25,26)27)14-20(21)31-23(33)30-19-4-2-3-16(13-19)15-32-12-11-29-22(32)17-7-9-28-10-8-17/h2-14H,15H2,1H3,(H2,30,31,33). The van der Waals surface area contributed by atoms with E-state index in [-0.39, 0.29) is 11.4 Å². The highest BCUT2D eigenvalue weighted by molar-refractivity contribution is 6.00. The first-order chi connectivity index (χ1) is 16.3. The fourth-order valence-corrected chi connectivity index (χ4v) is 3.41. The second-order valence-electron chi connectivity index (χ2n) is 7.31. The van der Waals surface area contributed by atoms with E-state index in [0.717, 1.165) is 35.2 Å². The van der Waals surface area contributed by atoms with Crippen LogP contribution in [0.1, 0.15) is 11.1 Å². The Morgan fingerprint density at radius 3 is 2.56 bits per heavy atom. The molecule has 0 fully saturated rings. The number of rotatable bonds is 6. The van der Waals surface area contributed by atoms with Gasteiger partial charge in [-0.15, -0.1) is 0 Å². The van der Waals surface area contributed by atoms with Gasteiger partial charge in [-0.25, -0.2) is 9.78 Å². The minimum absolute atomic E-state index is 0.0913. The van der Waals surface area contributed by atoms with Gasteiger partial charge in [0.25, 0.3) is 0 Å². The molecule has 174 valence electrons. The average molecular weight is 467 g/mol. The van der Waals surface area contributed by atoms with Crippen molar-refractivity contribution in [3.8, 4) is 17.1 Å². The molecule has 34 heavy (non-hydrogen) atoms. The number of pyridine rings is 1. The third kappa shape index (κ3) is 5.34. The SMILES string of the molecule is COc1ccc(C(F)(F)F)cc1NC(=O)Nc1cccc(Cn2ccnc2-c2ccncc2)c1. The summed E-state index contributed by atoms with van der Waals surface area (Å²) in [6.45, 7) is 0.496. The van der Waals surface area contributed by atoms with Gasteiger partial charge in [-0.05, 0) is 48.0 Å².